The summed E-state index contributed by atoms with van der Waals surface area (Å²) in [4.78, 5) is 27.7. The molecule has 3 N–H and O–H groups in total. The number of carbonyl (C=O) groups is 2. The number of amides is 2. The second-order valence-corrected chi connectivity index (χ2v) is 4.51. The van der Waals surface area contributed by atoms with Crippen LogP contribution in [0.25, 0.3) is 0 Å². The van der Waals surface area contributed by atoms with Gasteiger partial charge in [0.15, 0.2) is 0 Å². The van der Waals surface area contributed by atoms with Crippen LogP contribution in [0.4, 0.5) is 5.95 Å². The number of aryl methyl sites for hydroxylation is 1. The third-order valence-electron chi connectivity index (χ3n) is 2.96. The number of nitrogens with zero attached hydrogens (tertiary/aromatic N) is 2. The molecule has 0 saturated heterocycles. The summed E-state index contributed by atoms with van der Waals surface area (Å²) in [6.07, 6.45) is 2.72. The van der Waals surface area contributed by atoms with Gasteiger partial charge in [0.05, 0.1) is 0 Å². The molecule has 19 heavy (non-hydrogen) atoms. The molecule has 0 fully saturated rings. The number of imidazole rings is 1. The Balaban J connectivity index is 2.00. The summed E-state index contributed by atoms with van der Waals surface area (Å²) in [7, 11) is 0. The Bertz CT molecular complexity index is 459. The minimum atomic E-state index is -0.570. The fourth-order valence-corrected chi connectivity index (χ4v) is 1.95. The lowest BCUT2D eigenvalue weighted by atomic mass is 10.3. The number of aromatic nitrogens is 2. The van der Waals surface area contributed by atoms with E-state index < -0.39 is 6.04 Å². The predicted molar refractivity (Wildman–Crippen MR) is 70.9 cm³/mol. The summed E-state index contributed by atoms with van der Waals surface area (Å²) in [5, 5.41) is 8.42. The van der Waals surface area contributed by atoms with Crippen LogP contribution >= 0.6 is 0 Å². The monoisotopic (exact) mass is 265 g/mol. The number of likely N-dealkylation sites (N-methyl/N-ethyl adjacent to an activating group) is 1. The van der Waals surface area contributed by atoms with E-state index >= 15 is 0 Å². The highest BCUT2D eigenvalue weighted by molar-refractivity contribution is 5.96. The lowest BCUT2D eigenvalue weighted by Crippen LogP contribution is -2.44. The number of anilines is 1. The van der Waals surface area contributed by atoms with E-state index in [1.807, 2.05) is 11.5 Å². The van der Waals surface area contributed by atoms with Crippen molar-refractivity contribution >= 4 is 17.8 Å². The zero-order valence-corrected chi connectivity index (χ0v) is 11.2. The summed E-state index contributed by atoms with van der Waals surface area (Å²) in [5.41, 5.74) is 0.334. The van der Waals surface area contributed by atoms with Gasteiger partial charge in [-0.1, -0.05) is 0 Å². The summed E-state index contributed by atoms with van der Waals surface area (Å²) in [5.74, 6) is 0.183. The predicted octanol–water partition coefficient (Wildman–Crippen LogP) is -0.0469. The third kappa shape index (κ3) is 3.04. The number of nitrogens with one attached hydrogen (secondary N) is 3. The molecule has 0 radical (unpaired) electrons. The van der Waals surface area contributed by atoms with E-state index in [1.54, 1.807) is 13.1 Å². The molecule has 2 rings (SSSR count). The first-order valence-electron chi connectivity index (χ1n) is 6.51. The highest BCUT2D eigenvalue weighted by Crippen LogP contribution is 2.13. The first-order chi connectivity index (χ1) is 9.11. The first kappa shape index (κ1) is 13.4. The van der Waals surface area contributed by atoms with E-state index in [9.17, 15) is 9.59 Å². The van der Waals surface area contributed by atoms with Crippen LogP contribution in [-0.4, -0.2) is 40.5 Å². The van der Waals surface area contributed by atoms with E-state index in [-0.39, 0.29) is 11.8 Å². The topological polar surface area (TPSA) is 88.1 Å². The first-order valence-corrected chi connectivity index (χ1v) is 6.51. The van der Waals surface area contributed by atoms with Crippen molar-refractivity contribution < 1.29 is 9.59 Å². The van der Waals surface area contributed by atoms with Gasteiger partial charge >= 0.3 is 0 Å². The number of fused-ring (bicyclic) bond motifs is 1. The molecule has 0 saturated carbocycles. The van der Waals surface area contributed by atoms with Crippen LogP contribution in [0.15, 0.2) is 6.20 Å². The van der Waals surface area contributed by atoms with Crippen LogP contribution in [0.1, 0.15) is 30.8 Å². The van der Waals surface area contributed by atoms with E-state index in [0.717, 1.165) is 19.5 Å². The van der Waals surface area contributed by atoms with Crippen LogP contribution in [0.2, 0.25) is 0 Å². The SMILES string of the molecule is CCNC(=O)C(C)NC(=O)c1cn2c(n1)NCCC2. The van der Waals surface area contributed by atoms with Crippen molar-refractivity contribution in [1.82, 2.24) is 20.2 Å². The van der Waals surface area contributed by atoms with Crippen LogP contribution in [0.5, 0.6) is 0 Å². The molecular weight excluding hydrogens is 246 g/mol. The number of carbonyl (C=O) groups excluding carboxylic acids is 2. The maximum Gasteiger partial charge on any atom is 0.272 e. The Kier molecular flexibility index (Phi) is 4.03. The number of hydrogen-bond donors (Lipinski definition) is 3. The van der Waals surface area contributed by atoms with Gasteiger partial charge in [-0.05, 0) is 20.3 Å². The number of hydrogen-bond acceptors (Lipinski definition) is 4. The van der Waals surface area contributed by atoms with Crippen molar-refractivity contribution in [3.63, 3.8) is 0 Å². The van der Waals surface area contributed by atoms with Gasteiger partial charge in [-0.15, -0.1) is 0 Å². The average molecular weight is 265 g/mol. The van der Waals surface area contributed by atoms with Gasteiger partial charge in [0, 0.05) is 25.8 Å². The Morgan fingerprint density at radius 3 is 3.05 bits per heavy atom. The Morgan fingerprint density at radius 1 is 1.58 bits per heavy atom. The van der Waals surface area contributed by atoms with Gasteiger partial charge in [0.1, 0.15) is 11.7 Å². The van der Waals surface area contributed by atoms with Crippen LogP contribution in [0.3, 0.4) is 0 Å². The molecule has 0 bridgehead atoms. The highest BCUT2D eigenvalue weighted by Gasteiger charge is 2.20. The van der Waals surface area contributed by atoms with E-state index in [0.29, 0.717) is 18.2 Å². The summed E-state index contributed by atoms with van der Waals surface area (Å²) < 4.78 is 1.91. The molecule has 1 atom stereocenters. The summed E-state index contributed by atoms with van der Waals surface area (Å²) in [6.45, 7) is 5.75. The van der Waals surface area contributed by atoms with E-state index in [2.05, 4.69) is 20.9 Å². The normalized spacial score (nSPS) is 15.1. The maximum absolute atomic E-state index is 12.0. The molecular formula is C12H19N5O2. The lowest BCUT2D eigenvalue weighted by molar-refractivity contribution is -0.122. The standard InChI is InChI=1S/C12H19N5O2/c1-3-13-10(18)8(2)15-11(19)9-7-17-6-4-5-14-12(17)16-9/h7-8H,3-6H2,1-2H3,(H,13,18)(H,14,16)(H,15,19). The minimum Gasteiger partial charge on any atom is -0.356 e. The molecule has 1 aromatic rings. The fourth-order valence-electron chi connectivity index (χ4n) is 1.95. The van der Waals surface area contributed by atoms with Crippen molar-refractivity contribution in [2.75, 3.05) is 18.4 Å². The number of rotatable bonds is 4. The molecule has 1 aromatic heterocycles. The van der Waals surface area contributed by atoms with Crippen LogP contribution in [0, 0.1) is 0 Å². The molecule has 2 heterocycles. The van der Waals surface area contributed by atoms with Gasteiger partial charge in [-0.3, -0.25) is 9.59 Å². The molecule has 104 valence electrons. The molecule has 1 aliphatic heterocycles. The Hall–Kier alpha value is -2.05. The fraction of sp³-hybridized carbons (Fsp3) is 0.583. The third-order valence-corrected chi connectivity index (χ3v) is 2.96. The molecule has 0 aromatic carbocycles. The molecule has 7 heteroatoms. The molecule has 1 unspecified atom stereocenters. The maximum atomic E-state index is 12.0. The lowest BCUT2D eigenvalue weighted by Gasteiger charge is -2.14. The average Bonchev–Trinajstić information content (AvgIpc) is 2.82. The Morgan fingerprint density at radius 2 is 2.37 bits per heavy atom. The second-order valence-electron chi connectivity index (χ2n) is 4.51. The highest BCUT2D eigenvalue weighted by atomic mass is 16.2. The molecule has 2 amide bonds. The Labute approximate surface area is 111 Å². The van der Waals surface area contributed by atoms with Crippen molar-refractivity contribution in [1.29, 1.82) is 0 Å². The zero-order valence-electron chi connectivity index (χ0n) is 11.2. The van der Waals surface area contributed by atoms with Crippen LogP contribution < -0.4 is 16.0 Å². The minimum absolute atomic E-state index is 0.196. The van der Waals surface area contributed by atoms with Crippen LogP contribution in [-0.2, 0) is 11.3 Å². The van der Waals surface area contributed by atoms with Crippen molar-refractivity contribution in [3.8, 4) is 0 Å². The van der Waals surface area contributed by atoms with Gasteiger partial charge in [-0.2, -0.15) is 0 Å². The molecule has 0 spiro atoms. The smallest absolute Gasteiger partial charge is 0.272 e. The summed E-state index contributed by atoms with van der Waals surface area (Å²) >= 11 is 0. The van der Waals surface area contributed by atoms with Gasteiger partial charge < -0.3 is 20.5 Å². The largest absolute Gasteiger partial charge is 0.356 e. The van der Waals surface area contributed by atoms with Crippen molar-refractivity contribution in [2.24, 2.45) is 0 Å². The molecule has 7 nitrogen and oxygen atoms in total. The molecule has 1 aliphatic rings. The van der Waals surface area contributed by atoms with Crippen molar-refractivity contribution in [2.45, 2.75) is 32.9 Å². The van der Waals surface area contributed by atoms with Crippen molar-refractivity contribution in [3.05, 3.63) is 11.9 Å². The summed E-state index contributed by atoms with van der Waals surface area (Å²) in [6, 6.07) is -0.570. The van der Waals surface area contributed by atoms with E-state index in [1.165, 1.54) is 0 Å². The van der Waals surface area contributed by atoms with Gasteiger partial charge in [-0.25, -0.2) is 4.98 Å². The van der Waals surface area contributed by atoms with Gasteiger partial charge in [0.2, 0.25) is 11.9 Å². The van der Waals surface area contributed by atoms with E-state index in [4.69, 9.17) is 0 Å². The second kappa shape index (κ2) is 5.73. The van der Waals surface area contributed by atoms with Gasteiger partial charge in [0.25, 0.3) is 5.91 Å². The quantitative estimate of drug-likeness (QED) is 0.712. The molecule has 0 aliphatic carbocycles. The zero-order chi connectivity index (χ0) is 13.8.